The van der Waals surface area contributed by atoms with Crippen molar-refractivity contribution in [3.05, 3.63) is 74.3 Å². The van der Waals surface area contributed by atoms with E-state index in [-0.39, 0.29) is 31.2 Å². The second-order valence-corrected chi connectivity index (χ2v) is 6.45. The number of rotatable bonds is 5. The van der Waals surface area contributed by atoms with Crippen molar-refractivity contribution in [2.45, 2.75) is 6.54 Å². The summed E-state index contributed by atoms with van der Waals surface area (Å²) in [6.45, 7) is 0.266. The zero-order chi connectivity index (χ0) is 18.7. The standard InChI is InChI=1S/C18H15Cl2N3O3/c19-14-3-1-11(7-15(14)20)9-23-10-22-16-4-2-12(8-13(16)18(23)26)17(25)21-5-6-24/h1-4,7-8,10,24H,5-6,9H2,(H,21,25). The fourth-order valence-corrected chi connectivity index (χ4v) is 2.84. The van der Waals surface area contributed by atoms with Crippen molar-refractivity contribution < 1.29 is 9.90 Å². The van der Waals surface area contributed by atoms with Crippen molar-refractivity contribution in [3.8, 4) is 0 Å². The number of aromatic nitrogens is 2. The van der Waals surface area contributed by atoms with Gasteiger partial charge in [-0.25, -0.2) is 4.98 Å². The quantitative estimate of drug-likeness (QED) is 0.699. The van der Waals surface area contributed by atoms with Crippen LogP contribution in [-0.4, -0.2) is 33.7 Å². The number of hydrogen-bond acceptors (Lipinski definition) is 4. The highest BCUT2D eigenvalue weighted by atomic mass is 35.5. The fraction of sp³-hybridized carbons (Fsp3) is 0.167. The van der Waals surface area contributed by atoms with Crippen molar-refractivity contribution in [1.82, 2.24) is 14.9 Å². The maximum absolute atomic E-state index is 12.8. The van der Waals surface area contributed by atoms with Gasteiger partial charge in [0.2, 0.25) is 0 Å². The average Bonchev–Trinajstić information content (AvgIpc) is 2.65. The summed E-state index contributed by atoms with van der Waals surface area (Å²) in [5.74, 6) is -0.361. The van der Waals surface area contributed by atoms with Gasteiger partial charge < -0.3 is 10.4 Å². The summed E-state index contributed by atoms with van der Waals surface area (Å²) in [5.41, 5.74) is 1.37. The summed E-state index contributed by atoms with van der Waals surface area (Å²) in [5, 5.41) is 12.5. The first-order valence-corrected chi connectivity index (χ1v) is 8.57. The molecule has 0 aliphatic heterocycles. The summed E-state index contributed by atoms with van der Waals surface area (Å²) in [4.78, 5) is 29.1. The molecule has 1 heterocycles. The number of benzene rings is 2. The van der Waals surface area contributed by atoms with E-state index in [2.05, 4.69) is 10.3 Å². The number of aliphatic hydroxyl groups is 1. The Hall–Kier alpha value is -2.41. The maximum Gasteiger partial charge on any atom is 0.261 e. The van der Waals surface area contributed by atoms with Gasteiger partial charge in [0, 0.05) is 12.1 Å². The third kappa shape index (κ3) is 3.88. The lowest BCUT2D eigenvalue weighted by molar-refractivity contribution is 0.0945. The number of carbonyl (C=O) groups excluding carboxylic acids is 1. The normalized spacial score (nSPS) is 10.9. The van der Waals surface area contributed by atoms with E-state index in [0.717, 1.165) is 5.56 Å². The molecule has 3 rings (SSSR count). The zero-order valence-electron chi connectivity index (χ0n) is 13.6. The van der Waals surface area contributed by atoms with Crippen LogP contribution in [0.4, 0.5) is 0 Å². The molecule has 0 saturated carbocycles. The molecule has 2 aromatic carbocycles. The SMILES string of the molecule is O=C(NCCO)c1ccc2ncn(Cc3ccc(Cl)c(Cl)c3)c(=O)c2c1. The molecule has 0 aliphatic rings. The van der Waals surface area contributed by atoms with Crippen molar-refractivity contribution in [3.63, 3.8) is 0 Å². The van der Waals surface area contributed by atoms with Crippen LogP contribution >= 0.6 is 23.2 Å². The Labute approximate surface area is 159 Å². The van der Waals surface area contributed by atoms with Gasteiger partial charge in [-0.15, -0.1) is 0 Å². The minimum atomic E-state index is -0.361. The van der Waals surface area contributed by atoms with E-state index in [4.69, 9.17) is 28.3 Å². The predicted molar refractivity (Wildman–Crippen MR) is 101 cm³/mol. The summed E-state index contributed by atoms with van der Waals surface area (Å²) < 4.78 is 1.44. The molecule has 1 aromatic heterocycles. The molecule has 2 N–H and O–H groups in total. The number of carbonyl (C=O) groups is 1. The molecule has 26 heavy (non-hydrogen) atoms. The molecule has 0 aliphatic carbocycles. The molecular weight excluding hydrogens is 377 g/mol. The second-order valence-electron chi connectivity index (χ2n) is 5.64. The molecule has 0 unspecified atom stereocenters. The Morgan fingerprint density at radius 2 is 1.96 bits per heavy atom. The lowest BCUT2D eigenvalue weighted by Crippen LogP contribution is -2.27. The smallest absolute Gasteiger partial charge is 0.261 e. The monoisotopic (exact) mass is 391 g/mol. The minimum absolute atomic E-state index is 0.144. The summed E-state index contributed by atoms with van der Waals surface area (Å²) in [7, 11) is 0. The third-order valence-corrected chi connectivity index (χ3v) is 4.56. The first-order chi connectivity index (χ1) is 12.5. The molecule has 0 bridgehead atoms. The van der Waals surface area contributed by atoms with Crippen LogP contribution in [0.1, 0.15) is 15.9 Å². The van der Waals surface area contributed by atoms with Gasteiger partial charge in [-0.05, 0) is 35.9 Å². The van der Waals surface area contributed by atoms with Gasteiger partial charge in [-0.1, -0.05) is 29.3 Å². The van der Waals surface area contributed by atoms with Gasteiger partial charge in [-0.2, -0.15) is 0 Å². The summed E-state index contributed by atoms with van der Waals surface area (Å²) >= 11 is 11.9. The van der Waals surface area contributed by atoms with E-state index >= 15 is 0 Å². The molecule has 0 atom stereocenters. The first kappa shape index (κ1) is 18.4. The minimum Gasteiger partial charge on any atom is -0.395 e. The highest BCUT2D eigenvalue weighted by Gasteiger charge is 2.10. The molecule has 1 amide bonds. The predicted octanol–water partition coefficient (Wildman–Crippen LogP) is 2.47. The molecule has 3 aromatic rings. The Bertz CT molecular complexity index is 1030. The molecule has 0 spiro atoms. The van der Waals surface area contributed by atoms with E-state index in [1.54, 1.807) is 30.3 Å². The number of amides is 1. The highest BCUT2D eigenvalue weighted by molar-refractivity contribution is 6.42. The molecule has 0 radical (unpaired) electrons. The number of halogens is 2. The van der Waals surface area contributed by atoms with Gasteiger partial charge in [0.25, 0.3) is 11.5 Å². The van der Waals surface area contributed by atoms with E-state index in [1.165, 1.54) is 17.0 Å². The van der Waals surface area contributed by atoms with E-state index in [1.807, 2.05) is 0 Å². The Morgan fingerprint density at radius 3 is 2.69 bits per heavy atom. The average molecular weight is 392 g/mol. The van der Waals surface area contributed by atoms with Gasteiger partial charge in [-0.3, -0.25) is 14.2 Å². The first-order valence-electron chi connectivity index (χ1n) is 7.82. The molecule has 134 valence electrons. The van der Waals surface area contributed by atoms with Crippen molar-refractivity contribution >= 4 is 40.0 Å². The molecule has 8 heteroatoms. The summed E-state index contributed by atoms with van der Waals surface area (Å²) in [6.07, 6.45) is 1.46. The van der Waals surface area contributed by atoms with Gasteiger partial charge in [0.15, 0.2) is 0 Å². The lowest BCUT2D eigenvalue weighted by Gasteiger charge is -2.09. The van der Waals surface area contributed by atoms with Crippen LogP contribution in [-0.2, 0) is 6.54 Å². The number of nitrogens with one attached hydrogen (secondary N) is 1. The van der Waals surface area contributed by atoms with Crippen molar-refractivity contribution in [2.24, 2.45) is 0 Å². The number of fused-ring (bicyclic) bond motifs is 1. The van der Waals surface area contributed by atoms with E-state index in [9.17, 15) is 9.59 Å². The number of aliphatic hydroxyl groups excluding tert-OH is 1. The van der Waals surface area contributed by atoms with Gasteiger partial charge in [0.05, 0.1) is 40.4 Å². The van der Waals surface area contributed by atoms with Crippen molar-refractivity contribution in [2.75, 3.05) is 13.2 Å². The van der Waals surface area contributed by atoms with Crippen LogP contribution in [0.25, 0.3) is 10.9 Å². The van der Waals surface area contributed by atoms with E-state index < -0.39 is 0 Å². The summed E-state index contributed by atoms with van der Waals surface area (Å²) in [6, 6.07) is 9.85. The van der Waals surface area contributed by atoms with Crippen LogP contribution in [0.15, 0.2) is 47.5 Å². The number of hydrogen-bond donors (Lipinski definition) is 2. The van der Waals surface area contributed by atoms with Crippen LogP contribution < -0.4 is 10.9 Å². The highest BCUT2D eigenvalue weighted by Crippen LogP contribution is 2.22. The third-order valence-electron chi connectivity index (χ3n) is 3.82. The largest absolute Gasteiger partial charge is 0.395 e. The van der Waals surface area contributed by atoms with Crippen LogP contribution in [0, 0.1) is 0 Å². The van der Waals surface area contributed by atoms with Crippen molar-refractivity contribution in [1.29, 1.82) is 0 Å². The maximum atomic E-state index is 12.8. The Morgan fingerprint density at radius 1 is 1.15 bits per heavy atom. The molecule has 6 nitrogen and oxygen atoms in total. The fourth-order valence-electron chi connectivity index (χ4n) is 2.52. The van der Waals surface area contributed by atoms with E-state index in [0.29, 0.717) is 26.5 Å². The van der Waals surface area contributed by atoms with Crippen LogP contribution in [0.2, 0.25) is 10.0 Å². The molecular formula is C18H15Cl2N3O3. The second kappa shape index (κ2) is 7.86. The topological polar surface area (TPSA) is 84.2 Å². The number of nitrogens with zero attached hydrogens (tertiary/aromatic N) is 2. The molecule has 0 saturated heterocycles. The van der Waals surface area contributed by atoms with Crippen LogP contribution in [0.5, 0.6) is 0 Å². The molecule has 0 fully saturated rings. The Balaban J connectivity index is 1.97. The van der Waals surface area contributed by atoms with Gasteiger partial charge >= 0.3 is 0 Å². The van der Waals surface area contributed by atoms with Gasteiger partial charge in [0.1, 0.15) is 0 Å². The lowest BCUT2D eigenvalue weighted by atomic mass is 10.1. The Kier molecular flexibility index (Phi) is 5.56. The van der Waals surface area contributed by atoms with Crippen LogP contribution in [0.3, 0.4) is 0 Å². The zero-order valence-corrected chi connectivity index (χ0v) is 15.1.